The number of nitrogens with zero attached hydrogens (tertiary/aromatic N) is 1. The summed E-state index contributed by atoms with van der Waals surface area (Å²) in [6.45, 7) is 3.89. The van der Waals surface area contributed by atoms with Gasteiger partial charge in [0.05, 0.1) is 11.3 Å². The Morgan fingerprint density at radius 3 is 2.68 bits per heavy atom. The summed E-state index contributed by atoms with van der Waals surface area (Å²) in [5, 5.41) is 11.6. The number of hydrogen-bond donors (Lipinski definition) is 2. The number of nitrogens with one attached hydrogen (secondary N) is 1. The van der Waals surface area contributed by atoms with Crippen LogP contribution >= 0.6 is 15.9 Å². The van der Waals surface area contributed by atoms with Crippen LogP contribution < -0.4 is 11.1 Å². The van der Waals surface area contributed by atoms with Crippen LogP contribution in [0.15, 0.2) is 16.6 Å². The molecule has 0 saturated heterocycles. The van der Waals surface area contributed by atoms with Gasteiger partial charge in [-0.1, -0.05) is 13.8 Å². The SMILES string of the molecule is CC(C)CC(Nc1cc(Br)c(C#N)cc1F)C(N)=O. The van der Waals surface area contributed by atoms with Crippen LogP contribution in [0.1, 0.15) is 25.8 Å². The van der Waals surface area contributed by atoms with Crippen molar-refractivity contribution >= 4 is 27.5 Å². The monoisotopic (exact) mass is 327 g/mol. The van der Waals surface area contributed by atoms with Crippen molar-refractivity contribution in [1.82, 2.24) is 0 Å². The number of benzene rings is 1. The first-order valence-corrected chi connectivity index (χ1v) is 6.59. The molecule has 3 N–H and O–H groups in total. The molecular formula is C13H15BrFN3O. The van der Waals surface area contributed by atoms with E-state index in [2.05, 4.69) is 21.2 Å². The van der Waals surface area contributed by atoms with Crippen molar-refractivity contribution in [3.8, 4) is 6.07 Å². The number of amides is 1. The van der Waals surface area contributed by atoms with E-state index >= 15 is 0 Å². The highest BCUT2D eigenvalue weighted by atomic mass is 79.9. The zero-order chi connectivity index (χ0) is 14.6. The van der Waals surface area contributed by atoms with Crippen LogP contribution in [-0.2, 0) is 4.79 Å². The Morgan fingerprint density at radius 2 is 2.21 bits per heavy atom. The molecule has 1 atom stereocenters. The summed E-state index contributed by atoms with van der Waals surface area (Å²) in [6, 6.07) is 3.77. The molecule has 1 amide bonds. The number of halogens is 2. The van der Waals surface area contributed by atoms with E-state index in [1.54, 1.807) is 0 Å². The molecule has 6 heteroatoms. The van der Waals surface area contributed by atoms with E-state index in [1.807, 2.05) is 19.9 Å². The van der Waals surface area contributed by atoms with Crippen molar-refractivity contribution in [1.29, 1.82) is 5.26 Å². The van der Waals surface area contributed by atoms with E-state index < -0.39 is 17.8 Å². The lowest BCUT2D eigenvalue weighted by Crippen LogP contribution is -2.36. The second-order valence-electron chi connectivity index (χ2n) is 4.65. The third-order valence-electron chi connectivity index (χ3n) is 2.56. The van der Waals surface area contributed by atoms with Gasteiger partial charge < -0.3 is 11.1 Å². The van der Waals surface area contributed by atoms with Crippen LogP contribution in [0, 0.1) is 23.1 Å². The quantitative estimate of drug-likeness (QED) is 0.872. The summed E-state index contributed by atoms with van der Waals surface area (Å²) in [6.07, 6.45) is 0.506. The Morgan fingerprint density at radius 1 is 1.58 bits per heavy atom. The van der Waals surface area contributed by atoms with Crippen LogP contribution in [0.3, 0.4) is 0 Å². The summed E-state index contributed by atoms with van der Waals surface area (Å²) in [5.74, 6) is -0.877. The van der Waals surface area contributed by atoms with Crippen molar-refractivity contribution in [3.05, 3.63) is 28.0 Å². The van der Waals surface area contributed by atoms with Gasteiger partial charge in [-0.05, 0) is 40.4 Å². The number of primary amides is 1. The molecule has 0 aliphatic carbocycles. The molecule has 0 spiro atoms. The van der Waals surface area contributed by atoms with Crippen molar-refractivity contribution in [3.63, 3.8) is 0 Å². The zero-order valence-electron chi connectivity index (χ0n) is 10.7. The molecular weight excluding hydrogens is 313 g/mol. The highest BCUT2D eigenvalue weighted by Crippen LogP contribution is 2.25. The first-order valence-electron chi connectivity index (χ1n) is 5.80. The lowest BCUT2D eigenvalue weighted by molar-refractivity contribution is -0.119. The Balaban J connectivity index is 3.00. The van der Waals surface area contributed by atoms with Gasteiger partial charge in [0.1, 0.15) is 17.9 Å². The maximum atomic E-state index is 13.8. The number of carbonyl (C=O) groups excluding carboxylic acids is 1. The summed E-state index contributed by atoms with van der Waals surface area (Å²) in [5.41, 5.74) is 5.63. The van der Waals surface area contributed by atoms with Gasteiger partial charge in [-0.2, -0.15) is 5.26 Å². The summed E-state index contributed by atoms with van der Waals surface area (Å²) in [7, 11) is 0. The zero-order valence-corrected chi connectivity index (χ0v) is 12.3. The molecule has 0 saturated carbocycles. The predicted octanol–water partition coefficient (Wildman–Crippen LogP) is 2.77. The van der Waals surface area contributed by atoms with Crippen LogP contribution in [0.4, 0.5) is 10.1 Å². The fourth-order valence-corrected chi connectivity index (χ4v) is 2.08. The van der Waals surface area contributed by atoms with Gasteiger partial charge in [0, 0.05) is 4.47 Å². The van der Waals surface area contributed by atoms with Crippen LogP contribution in [-0.4, -0.2) is 11.9 Å². The van der Waals surface area contributed by atoms with E-state index in [0.29, 0.717) is 10.9 Å². The van der Waals surface area contributed by atoms with Gasteiger partial charge in [0.15, 0.2) is 0 Å². The molecule has 0 aliphatic rings. The molecule has 1 aromatic rings. The molecule has 0 fully saturated rings. The normalized spacial score (nSPS) is 12.0. The van der Waals surface area contributed by atoms with Crippen molar-refractivity contribution in [2.45, 2.75) is 26.3 Å². The van der Waals surface area contributed by atoms with Crippen molar-refractivity contribution in [2.24, 2.45) is 11.7 Å². The van der Waals surface area contributed by atoms with Gasteiger partial charge in [-0.15, -0.1) is 0 Å². The largest absolute Gasteiger partial charge is 0.371 e. The van der Waals surface area contributed by atoms with Gasteiger partial charge in [-0.25, -0.2) is 4.39 Å². The molecule has 0 aromatic heterocycles. The number of nitriles is 1. The van der Waals surface area contributed by atoms with Gasteiger partial charge in [0.2, 0.25) is 5.91 Å². The topological polar surface area (TPSA) is 78.9 Å². The summed E-state index contributed by atoms with van der Waals surface area (Å²) < 4.78 is 14.3. The molecule has 19 heavy (non-hydrogen) atoms. The second-order valence-corrected chi connectivity index (χ2v) is 5.51. The van der Waals surface area contributed by atoms with Crippen molar-refractivity contribution in [2.75, 3.05) is 5.32 Å². The molecule has 0 heterocycles. The smallest absolute Gasteiger partial charge is 0.239 e. The highest BCUT2D eigenvalue weighted by molar-refractivity contribution is 9.10. The van der Waals surface area contributed by atoms with Gasteiger partial charge >= 0.3 is 0 Å². The van der Waals surface area contributed by atoms with Crippen molar-refractivity contribution < 1.29 is 9.18 Å². The Kier molecular flexibility index (Phi) is 5.31. The molecule has 0 bridgehead atoms. The molecule has 1 unspecified atom stereocenters. The average Bonchev–Trinajstić information content (AvgIpc) is 2.31. The fraction of sp³-hybridized carbons (Fsp3) is 0.385. The lowest BCUT2D eigenvalue weighted by Gasteiger charge is -2.19. The number of nitrogens with two attached hydrogens (primary N) is 1. The molecule has 102 valence electrons. The standard InChI is InChI=1S/C13H15BrFN3O/c1-7(2)3-12(13(17)19)18-11-5-9(14)8(6-16)4-10(11)15/h4-5,7,12,18H,3H2,1-2H3,(H2,17,19). The Labute approximate surface area is 119 Å². The second kappa shape index (κ2) is 6.53. The van der Waals surface area contributed by atoms with E-state index in [4.69, 9.17) is 11.0 Å². The average molecular weight is 328 g/mol. The first-order chi connectivity index (χ1) is 8.85. The summed E-state index contributed by atoms with van der Waals surface area (Å²) in [4.78, 5) is 11.3. The third kappa shape index (κ3) is 4.21. The van der Waals surface area contributed by atoms with Crippen LogP contribution in [0.2, 0.25) is 0 Å². The maximum absolute atomic E-state index is 13.8. The van der Waals surface area contributed by atoms with E-state index in [0.717, 1.165) is 6.07 Å². The van der Waals surface area contributed by atoms with E-state index in [9.17, 15) is 9.18 Å². The van der Waals surface area contributed by atoms with E-state index in [-0.39, 0.29) is 17.2 Å². The Bertz CT molecular complexity index is 525. The summed E-state index contributed by atoms with van der Waals surface area (Å²) >= 11 is 3.17. The molecule has 1 aromatic carbocycles. The van der Waals surface area contributed by atoms with Crippen LogP contribution in [0.25, 0.3) is 0 Å². The third-order valence-corrected chi connectivity index (χ3v) is 3.21. The fourth-order valence-electron chi connectivity index (χ4n) is 1.65. The number of anilines is 1. The minimum atomic E-state index is -0.644. The molecule has 0 radical (unpaired) electrons. The maximum Gasteiger partial charge on any atom is 0.239 e. The Hall–Kier alpha value is -1.61. The van der Waals surface area contributed by atoms with E-state index in [1.165, 1.54) is 6.07 Å². The highest BCUT2D eigenvalue weighted by Gasteiger charge is 2.19. The predicted molar refractivity (Wildman–Crippen MR) is 74.9 cm³/mol. The number of rotatable bonds is 5. The molecule has 0 aliphatic heterocycles. The van der Waals surface area contributed by atoms with Crippen LogP contribution in [0.5, 0.6) is 0 Å². The first kappa shape index (κ1) is 15.4. The minimum Gasteiger partial charge on any atom is -0.371 e. The molecule has 1 rings (SSSR count). The number of hydrogen-bond acceptors (Lipinski definition) is 3. The van der Waals surface area contributed by atoms with Gasteiger partial charge in [0.25, 0.3) is 0 Å². The minimum absolute atomic E-state index is 0.148. The number of carbonyl (C=O) groups is 1. The van der Waals surface area contributed by atoms with Gasteiger partial charge in [-0.3, -0.25) is 4.79 Å². The lowest BCUT2D eigenvalue weighted by atomic mass is 10.0. The molecule has 4 nitrogen and oxygen atoms in total.